The molecule has 0 saturated heterocycles. The minimum absolute atomic E-state index is 0.338. The highest BCUT2D eigenvalue weighted by Gasteiger charge is 2.23. The Labute approximate surface area is 90.1 Å². The highest BCUT2D eigenvalue weighted by atomic mass is 127. The molecule has 1 rings (SSSR count). The molecule has 76 valence electrons. The molecule has 0 radical (unpaired) electrons. The molecule has 1 heterocycles. The molecule has 14 heavy (non-hydrogen) atoms. The van der Waals surface area contributed by atoms with Gasteiger partial charge in [-0.3, -0.25) is 0 Å². The standard InChI is InChI=1S/C7H3F3INO2/c8-3-1-2(7(13)14)4(5(9)10)6(11)12-3/h1,5H,(H,13,14). The van der Waals surface area contributed by atoms with E-state index in [2.05, 4.69) is 4.98 Å². The van der Waals surface area contributed by atoms with Crippen molar-refractivity contribution in [3.8, 4) is 0 Å². The van der Waals surface area contributed by atoms with Crippen molar-refractivity contribution < 1.29 is 23.1 Å². The number of aromatic carboxylic acids is 1. The van der Waals surface area contributed by atoms with E-state index in [1.807, 2.05) is 0 Å². The lowest BCUT2D eigenvalue weighted by molar-refractivity contribution is 0.0683. The average Bonchev–Trinajstić information content (AvgIpc) is 2.01. The molecule has 0 fully saturated rings. The Morgan fingerprint density at radius 3 is 2.57 bits per heavy atom. The summed E-state index contributed by atoms with van der Waals surface area (Å²) in [6, 6.07) is 0.478. The van der Waals surface area contributed by atoms with Gasteiger partial charge in [0.1, 0.15) is 3.70 Å². The number of hydrogen-bond donors (Lipinski definition) is 1. The minimum Gasteiger partial charge on any atom is -0.478 e. The second-order valence-electron chi connectivity index (χ2n) is 2.30. The maximum absolute atomic E-state index is 12.6. The number of pyridine rings is 1. The summed E-state index contributed by atoms with van der Waals surface area (Å²) in [6.07, 6.45) is -2.99. The Bertz CT molecular complexity index is 383. The number of carboxylic acids is 1. The van der Waals surface area contributed by atoms with Gasteiger partial charge in [-0.2, -0.15) is 4.39 Å². The maximum Gasteiger partial charge on any atom is 0.336 e. The summed E-state index contributed by atoms with van der Waals surface area (Å²) in [6.45, 7) is 0. The molecule has 1 N–H and O–H groups in total. The molecule has 1 aromatic rings. The summed E-state index contributed by atoms with van der Waals surface area (Å²) < 4.78 is 37.0. The highest BCUT2D eigenvalue weighted by Crippen LogP contribution is 2.27. The summed E-state index contributed by atoms with van der Waals surface area (Å²) in [4.78, 5) is 13.6. The lowest BCUT2D eigenvalue weighted by atomic mass is 10.1. The monoisotopic (exact) mass is 317 g/mol. The lowest BCUT2D eigenvalue weighted by Crippen LogP contribution is -2.08. The molecular formula is C7H3F3INO2. The first kappa shape index (κ1) is 11.2. The van der Waals surface area contributed by atoms with Gasteiger partial charge in [-0.15, -0.1) is 0 Å². The van der Waals surface area contributed by atoms with Crippen LogP contribution in [-0.2, 0) is 0 Å². The van der Waals surface area contributed by atoms with Gasteiger partial charge in [-0.1, -0.05) is 0 Å². The predicted molar refractivity (Wildman–Crippen MR) is 48.8 cm³/mol. The van der Waals surface area contributed by atoms with Gasteiger partial charge in [0.2, 0.25) is 5.95 Å². The van der Waals surface area contributed by atoms with Crippen molar-refractivity contribution in [3.63, 3.8) is 0 Å². The number of alkyl halides is 2. The normalized spacial score (nSPS) is 10.6. The average molecular weight is 317 g/mol. The Kier molecular flexibility index (Phi) is 3.29. The van der Waals surface area contributed by atoms with Crippen LogP contribution in [0.25, 0.3) is 0 Å². The van der Waals surface area contributed by atoms with Crippen molar-refractivity contribution in [2.75, 3.05) is 0 Å². The molecule has 1 aromatic heterocycles. The second-order valence-corrected chi connectivity index (χ2v) is 3.32. The van der Waals surface area contributed by atoms with Crippen LogP contribution in [0.4, 0.5) is 13.2 Å². The molecule has 0 bridgehead atoms. The van der Waals surface area contributed by atoms with E-state index >= 15 is 0 Å². The summed E-state index contributed by atoms with van der Waals surface area (Å²) >= 11 is 1.37. The Morgan fingerprint density at radius 1 is 1.57 bits per heavy atom. The fourth-order valence-electron chi connectivity index (χ4n) is 0.879. The van der Waals surface area contributed by atoms with E-state index in [0.29, 0.717) is 6.07 Å². The number of carboxylic acid groups (broad SMARTS) is 1. The lowest BCUT2D eigenvalue weighted by Gasteiger charge is -2.06. The van der Waals surface area contributed by atoms with E-state index in [-0.39, 0.29) is 3.70 Å². The number of hydrogen-bond acceptors (Lipinski definition) is 2. The van der Waals surface area contributed by atoms with Gasteiger partial charge in [0.05, 0.1) is 11.1 Å². The third kappa shape index (κ3) is 2.14. The van der Waals surface area contributed by atoms with Crippen molar-refractivity contribution in [1.29, 1.82) is 0 Å². The quantitative estimate of drug-likeness (QED) is 0.673. The molecule has 0 amide bonds. The van der Waals surface area contributed by atoms with Crippen molar-refractivity contribution in [3.05, 3.63) is 26.8 Å². The van der Waals surface area contributed by atoms with Crippen molar-refractivity contribution in [1.82, 2.24) is 4.98 Å². The third-order valence-electron chi connectivity index (χ3n) is 1.43. The van der Waals surface area contributed by atoms with Crippen LogP contribution >= 0.6 is 22.6 Å². The minimum atomic E-state index is -2.99. The van der Waals surface area contributed by atoms with E-state index in [9.17, 15) is 18.0 Å². The SMILES string of the molecule is O=C(O)c1cc(F)nc(I)c1C(F)F. The molecule has 7 heteroatoms. The van der Waals surface area contributed by atoms with E-state index in [1.54, 1.807) is 0 Å². The van der Waals surface area contributed by atoms with Gasteiger partial charge >= 0.3 is 5.97 Å². The maximum atomic E-state index is 12.6. The number of nitrogens with zero attached hydrogens (tertiary/aromatic N) is 1. The van der Waals surface area contributed by atoms with Crippen LogP contribution in [0.15, 0.2) is 6.07 Å². The first-order valence-electron chi connectivity index (χ1n) is 3.31. The van der Waals surface area contributed by atoms with Crippen LogP contribution < -0.4 is 0 Å². The number of halogens is 4. The van der Waals surface area contributed by atoms with Gasteiger partial charge in [0, 0.05) is 6.07 Å². The van der Waals surface area contributed by atoms with Gasteiger partial charge in [-0.05, 0) is 22.6 Å². The predicted octanol–water partition coefficient (Wildman–Crippen LogP) is 2.46. The van der Waals surface area contributed by atoms with Crippen LogP contribution in [0.2, 0.25) is 0 Å². The van der Waals surface area contributed by atoms with E-state index in [0.717, 1.165) is 0 Å². The fraction of sp³-hybridized carbons (Fsp3) is 0.143. The zero-order valence-corrected chi connectivity index (χ0v) is 8.63. The topological polar surface area (TPSA) is 50.2 Å². The van der Waals surface area contributed by atoms with E-state index in [1.165, 1.54) is 22.6 Å². The van der Waals surface area contributed by atoms with Gasteiger partial charge < -0.3 is 5.11 Å². The van der Waals surface area contributed by atoms with Crippen molar-refractivity contribution >= 4 is 28.6 Å². The molecule has 0 saturated carbocycles. The molecule has 0 aliphatic rings. The zero-order chi connectivity index (χ0) is 10.9. The molecule has 0 aromatic carbocycles. The first-order valence-corrected chi connectivity index (χ1v) is 4.38. The smallest absolute Gasteiger partial charge is 0.336 e. The van der Waals surface area contributed by atoms with E-state index < -0.39 is 29.5 Å². The number of aromatic nitrogens is 1. The second kappa shape index (κ2) is 4.11. The van der Waals surface area contributed by atoms with Crippen molar-refractivity contribution in [2.24, 2.45) is 0 Å². The van der Waals surface area contributed by atoms with Crippen LogP contribution in [0.5, 0.6) is 0 Å². The Balaban J connectivity index is 3.44. The Hall–Kier alpha value is -0.860. The molecule has 0 unspecified atom stereocenters. The largest absolute Gasteiger partial charge is 0.478 e. The molecule has 0 aliphatic carbocycles. The van der Waals surface area contributed by atoms with Crippen LogP contribution in [0.1, 0.15) is 22.3 Å². The fourth-order valence-corrected chi connectivity index (χ4v) is 1.64. The summed E-state index contributed by atoms with van der Waals surface area (Å²) in [5, 5.41) is 8.53. The summed E-state index contributed by atoms with van der Waals surface area (Å²) in [7, 11) is 0. The molecular weight excluding hydrogens is 314 g/mol. The molecule has 3 nitrogen and oxygen atoms in total. The van der Waals surface area contributed by atoms with Crippen LogP contribution in [0, 0.1) is 9.65 Å². The molecule has 0 spiro atoms. The third-order valence-corrected chi connectivity index (χ3v) is 2.25. The van der Waals surface area contributed by atoms with Crippen molar-refractivity contribution in [2.45, 2.75) is 6.43 Å². The molecule has 0 aliphatic heterocycles. The summed E-state index contributed by atoms with van der Waals surface area (Å²) in [5.74, 6) is -2.68. The zero-order valence-electron chi connectivity index (χ0n) is 6.47. The van der Waals surface area contributed by atoms with Gasteiger partial charge in [0.15, 0.2) is 0 Å². The van der Waals surface area contributed by atoms with E-state index in [4.69, 9.17) is 5.11 Å². The van der Waals surface area contributed by atoms with Gasteiger partial charge in [-0.25, -0.2) is 18.6 Å². The summed E-state index contributed by atoms with van der Waals surface area (Å²) in [5.41, 5.74) is -1.50. The number of rotatable bonds is 2. The number of carbonyl (C=O) groups is 1. The van der Waals surface area contributed by atoms with Crippen LogP contribution in [-0.4, -0.2) is 16.1 Å². The Morgan fingerprint density at radius 2 is 2.14 bits per heavy atom. The first-order chi connectivity index (χ1) is 6.43. The van der Waals surface area contributed by atoms with Gasteiger partial charge in [0.25, 0.3) is 6.43 Å². The molecule has 0 atom stereocenters. The van der Waals surface area contributed by atoms with Crippen LogP contribution in [0.3, 0.4) is 0 Å². The highest BCUT2D eigenvalue weighted by molar-refractivity contribution is 14.1.